The lowest BCUT2D eigenvalue weighted by molar-refractivity contribution is -0.166. The Balaban J connectivity index is 2.59. The minimum Gasteiger partial charge on any atom is -0.497 e. The Kier molecular flexibility index (Phi) is 5.46. The van der Waals surface area contributed by atoms with Crippen LogP contribution in [0.3, 0.4) is 0 Å². The monoisotopic (exact) mass is 347 g/mol. The van der Waals surface area contributed by atoms with Crippen molar-refractivity contribution in [1.82, 2.24) is 0 Å². The molecule has 0 radical (unpaired) electrons. The number of allylic oxidation sites excluding steroid dienone is 1. The smallest absolute Gasteiger partial charge is 0.349 e. The molecule has 0 unspecified atom stereocenters. The highest BCUT2D eigenvalue weighted by atomic mass is 16.6. The number of nitrogens with zero attached hydrogens (tertiary/aromatic N) is 1. The first-order chi connectivity index (χ1) is 12.0. The fourth-order valence-electron chi connectivity index (χ4n) is 2.83. The topological polar surface area (TPSA) is 82.1 Å². The maximum atomic E-state index is 12.7. The van der Waals surface area contributed by atoms with Crippen molar-refractivity contribution >= 4 is 23.5 Å². The van der Waals surface area contributed by atoms with E-state index in [1.165, 1.54) is 13.2 Å². The summed E-state index contributed by atoms with van der Waals surface area (Å²) in [5.41, 5.74) is -1.51. The summed E-state index contributed by atoms with van der Waals surface area (Å²) in [6, 6.07) is 6.46. The van der Waals surface area contributed by atoms with Crippen molar-refractivity contribution in [2.75, 3.05) is 25.2 Å². The lowest BCUT2D eigenvalue weighted by Crippen LogP contribution is -2.75. The molecule has 1 heterocycles. The molecule has 1 saturated heterocycles. The van der Waals surface area contributed by atoms with Crippen molar-refractivity contribution in [3.8, 4) is 5.75 Å². The van der Waals surface area contributed by atoms with Crippen molar-refractivity contribution < 1.29 is 28.6 Å². The zero-order valence-electron chi connectivity index (χ0n) is 14.7. The first-order valence-electron chi connectivity index (χ1n) is 7.98. The standard InChI is InChI=1S/C18H21NO6/c1-5-14-15(20)19(12-8-10-13(23-4)11-9-12)18(14,16(21)24-6-2)17(22)25-7-3/h5,8-11H,6-7H2,1-4H3/b14-5+. The van der Waals surface area contributed by atoms with Gasteiger partial charge < -0.3 is 14.2 Å². The number of anilines is 1. The number of rotatable bonds is 6. The Bertz CT molecular complexity index is 689. The molecule has 0 N–H and O–H groups in total. The quantitative estimate of drug-likeness (QED) is 0.338. The van der Waals surface area contributed by atoms with E-state index >= 15 is 0 Å². The third-order valence-electron chi connectivity index (χ3n) is 3.92. The number of ether oxygens (including phenoxy) is 3. The minimum atomic E-state index is -1.92. The molecule has 1 amide bonds. The van der Waals surface area contributed by atoms with Crippen LogP contribution in [0.5, 0.6) is 5.75 Å². The highest BCUT2D eigenvalue weighted by Gasteiger charge is 2.69. The normalized spacial score (nSPS) is 17.0. The summed E-state index contributed by atoms with van der Waals surface area (Å²) in [4.78, 5) is 39.1. The van der Waals surface area contributed by atoms with E-state index in [0.717, 1.165) is 4.90 Å². The van der Waals surface area contributed by atoms with Gasteiger partial charge in [-0.25, -0.2) is 9.59 Å². The van der Waals surface area contributed by atoms with E-state index in [1.54, 1.807) is 45.0 Å². The van der Waals surface area contributed by atoms with Crippen molar-refractivity contribution in [2.24, 2.45) is 0 Å². The predicted octanol–water partition coefficient (Wildman–Crippen LogP) is 1.85. The van der Waals surface area contributed by atoms with Gasteiger partial charge in [-0.05, 0) is 45.0 Å². The molecule has 0 aromatic heterocycles. The van der Waals surface area contributed by atoms with Crippen molar-refractivity contribution in [2.45, 2.75) is 26.3 Å². The number of methoxy groups -OCH3 is 1. The Morgan fingerprint density at radius 1 is 1.08 bits per heavy atom. The summed E-state index contributed by atoms with van der Waals surface area (Å²) in [5.74, 6) is -1.54. The maximum Gasteiger partial charge on any atom is 0.349 e. The van der Waals surface area contributed by atoms with E-state index in [4.69, 9.17) is 14.2 Å². The van der Waals surface area contributed by atoms with E-state index in [-0.39, 0.29) is 18.8 Å². The van der Waals surface area contributed by atoms with Gasteiger partial charge in [-0.3, -0.25) is 9.69 Å². The molecule has 134 valence electrons. The molecule has 7 nitrogen and oxygen atoms in total. The molecule has 2 rings (SSSR count). The molecule has 1 fully saturated rings. The van der Waals surface area contributed by atoms with Crippen LogP contribution in [0.4, 0.5) is 5.69 Å². The number of hydrogen-bond donors (Lipinski definition) is 0. The number of amides is 1. The first-order valence-corrected chi connectivity index (χ1v) is 7.98. The van der Waals surface area contributed by atoms with Gasteiger partial charge in [-0.15, -0.1) is 0 Å². The fourth-order valence-corrected chi connectivity index (χ4v) is 2.83. The molecule has 7 heteroatoms. The Labute approximate surface area is 146 Å². The van der Waals surface area contributed by atoms with E-state index in [0.29, 0.717) is 11.4 Å². The number of β-lactam (4-membered cyclic amide) rings is 1. The second-order valence-corrected chi connectivity index (χ2v) is 5.19. The molecular weight excluding hydrogens is 326 g/mol. The van der Waals surface area contributed by atoms with Crippen molar-refractivity contribution in [3.05, 3.63) is 35.9 Å². The van der Waals surface area contributed by atoms with Gasteiger partial charge in [0.25, 0.3) is 11.4 Å². The van der Waals surface area contributed by atoms with Crippen LogP contribution in [-0.4, -0.2) is 43.7 Å². The SMILES string of the molecule is C/C=C1\C(=O)N(c2ccc(OC)cc2)C1(C(=O)OCC)C(=O)OCC. The second kappa shape index (κ2) is 7.38. The minimum absolute atomic E-state index is 0.0419. The summed E-state index contributed by atoms with van der Waals surface area (Å²) >= 11 is 0. The third-order valence-corrected chi connectivity index (χ3v) is 3.92. The number of carbonyl (C=O) groups is 3. The van der Waals surface area contributed by atoms with Gasteiger partial charge in [-0.2, -0.15) is 0 Å². The second-order valence-electron chi connectivity index (χ2n) is 5.19. The predicted molar refractivity (Wildman–Crippen MR) is 90.2 cm³/mol. The van der Waals surface area contributed by atoms with Crippen LogP contribution >= 0.6 is 0 Å². The Morgan fingerprint density at radius 3 is 2.00 bits per heavy atom. The van der Waals surface area contributed by atoms with E-state index < -0.39 is 23.4 Å². The molecule has 0 atom stereocenters. The number of esters is 2. The average Bonchev–Trinajstić information content (AvgIpc) is 2.60. The molecule has 0 aliphatic carbocycles. The van der Waals surface area contributed by atoms with Gasteiger partial charge in [0.05, 0.1) is 25.9 Å². The highest BCUT2D eigenvalue weighted by Crippen LogP contribution is 2.43. The molecule has 0 bridgehead atoms. The lowest BCUT2D eigenvalue weighted by atomic mass is 9.77. The number of benzene rings is 1. The van der Waals surface area contributed by atoms with Gasteiger partial charge in [0.2, 0.25) is 0 Å². The van der Waals surface area contributed by atoms with Crippen LogP contribution in [0.25, 0.3) is 0 Å². The molecule has 0 saturated carbocycles. The Morgan fingerprint density at radius 2 is 1.60 bits per heavy atom. The molecule has 1 aromatic carbocycles. The zero-order chi connectivity index (χ0) is 18.6. The zero-order valence-corrected chi connectivity index (χ0v) is 14.7. The van der Waals surface area contributed by atoms with E-state index in [2.05, 4.69) is 0 Å². The molecule has 1 aliphatic rings. The van der Waals surface area contributed by atoms with Gasteiger partial charge >= 0.3 is 11.9 Å². The molecular formula is C18H21NO6. The van der Waals surface area contributed by atoms with Crippen LogP contribution in [0.2, 0.25) is 0 Å². The van der Waals surface area contributed by atoms with E-state index in [1.807, 2.05) is 0 Å². The van der Waals surface area contributed by atoms with E-state index in [9.17, 15) is 14.4 Å². The Hall–Kier alpha value is -2.83. The number of hydrogen-bond acceptors (Lipinski definition) is 6. The average molecular weight is 347 g/mol. The van der Waals surface area contributed by atoms with Gasteiger partial charge in [-0.1, -0.05) is 6.08 Å². The fraction of sp³-hybridized carbons (Fsp3) is 0.389. The van der Waals surface area contributed by atoms with Crippen molar-refractivity contribution in [3.63, 3.8) is 0 Å². The van der Waals surface area contributed by atoms with Crippen LogP contribution in [0.1, 0.15) is 20.8 Å². The molecule has 0 spiro atoms. The largest absolute Gasteiger partial charge is 0.497 e. The third kappa shape index (κ3) is 2.75. The van der Waals surface area contributed by atoms with Crippen LogP contribution in [-0.2, 0) is 23.9 Å². The van der Waals surface area contributed by atoms with Crippen molar-refractivity contribution in [1.29, 1.82) is 0 Å². The summed E-state index contributed by atoms with van der Waals surface area (Å²) < 4.78 is 15.3. The van der Waals surface area contributed by atoms with Gasteiger partial charge in [0.1, 0.15) is 5.75 Å². The summed E-state index contributed by atoms with van der Waals surface area (Å²) in [6.07, 6.45) is 1.44. The summed E-state index contributed by atoms with van der Waals surface area (Å²) in [5, 5.41) is 0. The molecule has 1 aliphatic heterocycles. The summed E-state index contributed by atoms with van der Waals surface area (Å²) in [6.45, 7) is 4.99. The first kappa shape index (κ1) is 18.5. The van der Waals surface area contributed by atoms with Crippen LogP contribution in [0.15, 0.2) is 35.9 Å². The number of carbonyl (C=O) groups excluding carboxylic acids is 3. The van der Waals surface area contributed by atoms with Gasteiger partial charge in [0.15, 0.2) is 0 Å². The highest BCUT2D eigenvalue weighted by molar-refractivity contribution is 6.34. The summed E-state index contributed by atoms with van der Waals surface area (Å²) in [7, 11) is 1.52. The van der Waals surface area contributed by atoms with Crippen LogP contribution in [0, 0.1) is 0 Å². The lowest BCUT2D eigenvalue weighted by Gasteiger charge is -2.48. The maximum absolute atomic E-state index is 12.7. The molecule has 25 heavy (non-hydrogen) atoms. The van der Waals surface area contributed by atoms with Crippen LogP contribution < -0.4 is 9.64 Å². The molecule has 1 aromatic rings. The van der Waals surface area contributed by atoms with Gasteiger partial charge in [0, 0.05) is 5.69 Å².